The first-order valence-electron chi connectivity index (χ1n) is 5.22. The first-order valence-corrected chi connectivity index (χ1v) is 5.22. The second kappa shape index (κ2) is 5.84. The summed E-state index contributed by atoms with van der Waals surface area (Å²) in [5, 5.41) is 18.0. The summed E-state index contributed by atoms with van der Waals surface area (Å²) >= 11 is 0. The molecule has 0 aliphatic carbocycles. The van der Waals surface area contributed by atoms with E-state index in [1.165, 1.54) is 12.1 Å². The van der Waals surface area contributed by atoms with Crippen LogP contribution < -0.4 is 0 Å². The van der Waals surface area contributed by atoms with Crippen LogP contribution in [0.25, 0.3) is 0 Å². The van der Waals surface area contributed by atoms with Gasteiger partial charge >= 0.3 is 5.97 Å². The molecule has 17 heavy (non-hydrogen) atoms. The van der Waals surface area contributed by atoms with E-state index >= 15 is 0 Å². The number of phenols is 1. The standard InChI is InChI=1S/C13H14O4/c1-2-3-9-8-10(4-5-11(9)14)12(15)6-7-13(16)17/h2,4-5,8,14H,1,3,6-7H2,(H,16,17). The summed E-state index contributed by atoms with van der Waals surface area (Å²) in [6.07, 6.45) is 1.87. The second-order valence-corrected chi connectivity index (χ2v) is 3.65. The van der Waals surface area contributed by atoms with Crippen LogP contribution >= 0.6 is 0 Å². The van der Waals surface area contributed by atoms with Crippen LogP contribution in [0, 0.1) is 0 Å². The van der Waals surface area contributed by atoms with Crippen molar-refractivity contribution in [3.63, 3.8) is 0 Å². The number of carboxylic acid groups (broad SMARTS) is 1. The molecule has 0 aromatic heterocycles. The maximum atomic E-state index is 11.6. The highest BCUT2D eigenvalue weighted by molar-refractivity contribution is 5.97. The number of aliphatic carboxylic acids is 1. The van der Waals surface area contributed by atoms with E-state index in [4.69, 9.17) is 5.11 Å². The number of Topliss-reactive ketones (excluding diaryl/α,β-unsaturated/α-hetero) is 1. The highest BCUT2D eigenvalue weighted by Gasteiger charge is 2.10. The first-order chi connectivity index (χ1) is 8.04. The molecule has 0 amide bonds. The number of hydrogen-bond acceptors (Lipinski definition) is 3. The third-order valence-corrected chi connectivity index (χ3v) is 2.33. The minimum Gasteiger partial charge on any atom is -0.508 e. The lowest BCUT2D eigenvalue weighted by atomic mass is 10.0. The van der Waals surface area contributed by atoms with Gasteiger partial charge in [-0.05, 0) is 30.2 Å². The molecule has 2 N–H and O–H groups in total. The van der Waals surface area contributed by atoms with Gasteiger partial charge in [-0.15, -0.1) is 6.58 Å². The largest absolute Gasteiger partial charge is 0.508 e. The second-order valence-electron chi connectivity index (χ2n) is 3.65. The molecular formula is C13H14O4. The molecule has 0 radical (unpaired) electrons. The van der Waals surface area contributed by atoms with Crippen molar-refractivity contribution in [2.75, 3.05) is 0 Å². The fourth-order valence-electron chi connectivity index (χ4n) is 1.44. The van der Waals surface area contributed by atoms with Gasteiger partial charge < -0.3 is 10.2 Å². The molecule has 1 aromatic carbocycles. The highest BCUT2D eigenvalue weighted by Crippen LogP contribution is 2.20. The van der Waals surface area contributed by atoms with Gasteiger partial charge in [-0.3, -0.25) is 9.59 Å². The van der Waals surface area contributed by atoms with E-state index in [0.717, 1.165) is 0 Å². The van der Waals surface area contributed by atoms with Crippen LogP contribution in [0.1, 0.15) is 28.8 Å². The topological polar surface area (TPSA) is 74.6 Å². The molecule has 4 nitrogen and oxygen atoms in total. The first kappa shape index (κ1) is 13.0. The Morgan fingerprint density at radius 2 is 2.00 bits per heavy atom. The van der Waals surface area contributed by atoms with E-state index < -0.39 is 5.97 Å². The third-order valence-electron chi connectivity index (χ3n) is 2.33. The molecule has 0 atom stereocenters. The number of aromatic hydroxyl groups is 1. The van der Waals surface area contributed by atoms with Crippen LogP contribution in [0.15, 0.2) is 30.9 Å². The lowest BCUT2D eigenvalue weighted by Crippen LogP contribution is -2.04. The zero-order chi connectivity index (χ0) is 12.8. The van der Waals surface area contributed by atoms with Crippen LogP contribution in [0.4, 0.5) is 0 Å². The van der Waals surface area contributed by atoms with E-state index in [9.17, 15) is 14.7 Å². The summed E-state index contributed by atoms with van der Waals surface area (Å²) in [6, 6.07) is 4.50. The number of allylic oxidation sites excluding steroid dienone is 1. The van der Waals surface area contributed by atoms with Crippen molar-refractivity contribution in [1.29, 1.82) is 0 Å². The Labute approximate surface area is 99.2 Å². The molecule has 4 heteroatoms. The van der Waals surface area contributed by atoms with Crippen LogP contribution in [0.3, 0.4) is 0 Å². The predicted octanol–water partition coefficient (Wildman–Crippen LogP) is 2.17. The number of carbonyl (C=O) groups excluding carboxylic acids is 1. The summed E-state index contributed by atoms with van der Waals surface area (Å²) in [5.74, 6) is -1.12. The molecule has 0 bridgehead atoms. The number of phenolic OH excluding ortho intramolecular Hbond substituents is 1. The third kappa shape index (κ3) is 3.75. The van der Waals surface area contributed by atoms with Gasteiger partial charge in [-0.25, -0.2) is 0 Å². The van der Waals surface area contributed by atoms with Crippen molar-refractivity contribution in [1.82, 2.24) is 0 Å². The zero-order valence-corrected chi connectivity index (χ0v) is 9.35. The maximum Gasteiger partial charge on any atom is 0.303 e. The Hall–Kier alpha value is -2.10. The molecule has 1 aromatic rings. The quantitative estimate of drug-likeness (QED) is 0.584. The number of rotatable bonds is 6. The lowest BCUT2D eigenvalue weighted by molar-refractivity contribution is -0.136. The molecule has 0 aliphatic rings. The summed E-state index contributed by atoms with van der Waals surface area (Å²) < 4.78 is 0. The van der Waals surface area contributed by atoms with Crippen molar-refractivity contribution in [3.8, 4) is 5.75 Å². The van der Waals surface area contributed by atoms with E-state index in [1.54, 1.807) is 12.1 Å². The molecule has 0 saturated carbocycles. The fraction of sp³-hybridized carbons (Fsp3) is 0.231. The number of ketones is 1. The lowest BCUT2D eigenvalue weighted by Gasteiger charge is -2.05. The van der Waals surface area contributed by atoms with Crippen molar-refractivity contribution in [2.45, 2.75) is 19.3 Å². The van der Waals surface area contributed by atoms with Crippen LogP contribution in [0.5, 0.6) is 5.75 Å². The molecule has 0 unspecified atom stereocenters. The van der Waals surface area contributed by atoms with Gasteiger partial charge in [0, 0.05) is 12.0 Å². The monoisotopic (exact) mass is 234 g/mol. The van der Waals surface area contributed by atoms with Crippen LogP contribution in [-0.2, 0) is 11.2 Å². The van der Waals surface area contributed by atoms with Gasteiger partial charge in [0.15, 0.2) is 5.78 Å². The Kier molecular flexibility index (Phi) is 4.46. The normalized spacial score (nSPS) is 9.88. The number of hydrogen-bond donors (Lipinski definition) is 2. The van der Waals surface area contributed by atoms with Gasteiger partial charge in [-0.1, -0.05) is 6.08 Å². The highest BCUT2D eigenvalue weighted by atomic mass is 16.4. The number of carbonyl (C=O) groups is 2. The molecule has 1 rings (SSSR count). The van der Waals surface area contributed by atoms with E-state index in [-0.39, 0.29) is 24.4 Å². The SMILES string of the molecule is C=CCc1cc(C(=O)CCC(=O)O)ccc1O. The Balaban J connectivity index is 2.83. The predicted molar refractivity (Wildman–Crippen MR) is 63.2 cm³/mol. The summed E-state index contributed by atoms with van der Waals surface area (Å²) in [5.41, 5.74) is 1.03. The van der Waals surface area contributed by atoms with Gasteiger partial charge in [-0.2, -0.15) is 0 Å². The zero-order valence-electron chi connectivity index (χ0n) is 9.35. The van der Waals surface area contributed by atoms with Crippen molar-refractivity contribution < 1.29 is 19.8 Å². The van der Waals surface area contributed by atoms with Gasteiger partial charge in [0.1, 0.15) is 5.75 Å². The summed E-state index contributed by atoms with van der Waals surface area (Å²) in [4.78, 5) is 22.0. The van der Waals surface area contributed by atoms with Crippen molar-refractivity contribution >= 4 is 11.8 Å². The Bertz CT molecular complexity index is 449. The molecular weight excluding hydrogens is 220 g/mol. The van der Waals surface area contributed by atoms with Crippen molar-refractivity contribution in [3.05, 3.63) is 42.0 Å². The van der Waals surface area contributed by atoms with Gasteiger partial charge in [0.25, 0.3) is 0 Å². The number of carboxylic acids is 1. The molecule has 0 heterocycles. The van der Waals surface area contributed by atoms with Crippen LogP contribution in [0.2, 0.25) is 0 Å². The minimum absolute atomic E-state index is 0.0341. The molecule has 0 fully saturated rings. The maximum absolute atomic E-state index is 11.6. The molecule has 0 saturated heterocycles. The van der Waals surface area contributed by atoms with E-state index in [1.807, 2.05) is 0 Å². The molecule has 0 spiro atoms. The average molecular weight is 234 g/mol. The Morgan fingerprint density at radius 1 is 1.29 bits per heavy atom. The molecule has 90 valence electrons. The summed E-state index contributed by atoms with van der Waals surface area (Å²) in [6.45, 7) is 3.56. The number of benzene rings is 1. The fourth-order valence-corrected chi connectivity index (χ4v) is 1.44. The van der Waals surface area contributed by atoms with E-state index in [2.05, 4.69) is 6.58 Å². The molecule has 0 aliphatic heterocycles. The smallest absolute Gasteiger partial charge is 0.303 e. The average Bonchev–Trinajstić information content (AvgIpc) is 2.29. The van der Waals surface area contributed by atoms with E-state index in [0.29, 0.717) is 17.5 Å². The van der Waals surface area contributed by atoms with Gasteiger partial charge in [0.2, 0.25) is 0 Å². The summed E-state index contributed by atoms with van der Waals surface area (Å²) in [7, 11) is 0. The Morgan fingerprint density at radius 3 is 2.59 bits per heavy atom. The van der Waals surface area contributed by atoms with Crippen LogP contribution in [-0.4, -0.2) is 22.0 Å². The minimum atomic E-state index is -0.997. The van der Waals surface area contributed by atoms with Gasteiger partial charge in [0.05, 0.1) is 6.42 Å². The van der Waals surface area contributed by atoms with Crippen molar-refractivity contribution in [2.24, 2.45) is 0 Å².